The maximum atomic E-state index is 5.36. The van der Waals surface area contributed by atoms with Gasteiger partial charge >= 0.3 is 0 Å². The average molecular weight is 212 g/mol. The Labute approximate surface area is 88.5 Å². The Balaban J connectivity index is 1.74. The molecule has 1 aliphatic rings. The van der Waals surface area contributed by atoms with Crippen molar-refractivity contribution in [2.45, 2.75) is 25.9 Å². The lowest BCUT2D eigenvalue weighted by atomic mass is 10.0. The van der Waals surface area contributed by atoms with Crippen molar-refractivity contribution in [3.8, 4) is 0 Å². The van der Waals surface area contributed by atoms with Crippen molar-refractivity contribution < 1.29 is 4.74 Å². The third-order valence-electron chi connectivity index (χ3n) is 2.76. The molecule has 0 radical (unpaired) electrons. The van der Waals surface area contributed by atoms with Crippen molar-refractivity contribution in [2.75, 3.05) is 13.2 Å². The van der Waals surface area contributed by atoms with Crippen LogP contribution >= 0.6 is 11.3 Å². The number of hydrogen-bond acceptors (Lipinski definition) is 4. The van der Waals surface area contributed by atoms with Gasteiger partial charge in [-0.25, -0.2) is 4.98 Å². The second-order valence-corrected chi connectivity index (χ2v) is 4.49. The second-order valence-electron chi connectivity index (χ2n) is 3.77. The largest absolute Gasteiger partial charge is 0.381 e. The highest BCUT2D eigenvalue weighted by Crippen LogP contribution is 2.16. The predicted molar refractivity (Wildman–Crippen MR) is 57.3 cm³/mol. The molecule has 1 aromatic heterocycles. The van der Waals surface area contributed by atoms with E-state index in [1.807, 2.05) is 5.51 Å². The molecule has 4 heteroatoms. The molecule has 1 saturated heterocycles. The van der Waals surface area contributed by atoms with E-state index in [4.69, 9.17) is 4.74 Å². The minimum absolute atomic E-state index is 0.527. The van der Waals surface area contributed by atoms with E-state index in [2.05, 4.69) is 22.6 Å². The van der Waals surface area contributed by atoms with E-state index in [-0.39, 0.29) is 0 Å². The summed E-state index contributed by atoms with van der Waals surface area (Å²) in [4.78, 5) is 4.24. The molecule has 0 bridgehead atoms. The Morgan fingerprint density at radius 3 is 3.36 bits per heavy atom. The van der Waals surface area contributed by atoms with Crippen molar-refractivity contribution in [3.63, 3.8) is 0 Å². The van der Waals surface area contributed by atoms with Crippen molar-refractivity contribution in [1.29, 1.82) is 0 Å². The van der Waals surface area contributed by atoms with Gasteiger partial charge in [-0.05, 0) is 19.3 Å². The van der Waals surface area contributed by atoms with E-state index in [0.29, 0.717) is 12.0 Å². The molecular weight excluding hydrogens is 196 g/mol. The first kappa shape index (κ1) is 10.1. The number of hydrogen-bond donors (Lipinski definition) is 1. The van der Waals surface area contributed by atoms with Gasteiger partial charge in [0, 0.05) is 24.6 Å². The van der Waals surface area contributed by atoms with E-state index in [0.717, 1.165) is 25.5 Å². The molecule has 2 atom stereocenters. The maximum Gasteiger partial charge on any atom is 0.0795 e. The van der Waals surface area contributed by atoms with Crippen LogP contribution in [0.3, 0.4) is 0 Å². The molecule has 2 rings (SSSR count). The quantitative estimate of drug-likeness (QED) is 0.824. The molecule has 1 N–H and O–H groups in total. The minimum Gasteiger partial charge on any atom is -0.381 e. The summed E-state index contributed by atoms with van der Waals surface area (Å²) in [5, 5.41) is 5.58. The number of thiazole rings is 1. The van der Waals surface area contributed by atoms with Crippen LogP contribution in [0.25, 0.3) is 0 Å². The van der Waals surface area contributed by atoms with Crippen molar-refractivity contribution in [3.05, 3.63) is 16.6 Å². The number of rotatable bonds is 4. The van der Waals surface area contributed by atoms with Gasteiger partial charge in [0.05, 0.1) is 17.8 Å². The molecule has 0 aromatic carbocycles. The van der Waals surface area contributed by atoms with Crippen molar-refractivity contribution in [2.24, 2.45) is 5.92 Å². The molecule has 1 aliphatic heterocycles. The van der Waals surface area contributed by atoms with Crippen molar-refractivity contribution >= 4 is 11.3 Å². The lowest BCUT2D eigenvalue weighted by Gasteiger charge is -2.18. The summed E-state index contributed by atoms with van der Waals surface area (Å²) in [6.45, 7) is 4.94. The predicted octanol–water partition coefficient (Wildman–Crippen LogP) is 1.66. The molecular formula is C10H16N2OS. The molecule has 0 amide bonds. The number of ether oxygens (including phenoxy) is 1. The lowest BCUT2D eigenvalue weighted by molar-refractivity contribution is 0.178. The molecule has 1 aromatic rings. The van der Waals surface area contributed by atoms with Gasteiger partial charge in [0.15, 0.2) is 0 Å². The summed E-state index contributed by atoms with van der Waals surface area (Å²) in [6.07, 6.45) is 1.19. The van der Waals surface area contributed by atoms with E-state index >= 15 is 0 Å². The number of aromatic nitrogens is 1. The van der Waals surface area contributed by atoms with Gasteiger partial charge in [-0.15, -0.1) is 11.3 Å². The van der Waals surface area contributed by atoms with Gasteiger partial charge in [0.1, 0.15) is 0 Å². The van der Waals surface area contributed by atoms with Crippen molar-refractivity contribution in [1.82, 2.24) is 10.3 Å². The van der Waals surface area contributed by atoms with Crippen LogP contribution in [0.1, 0.15) is 19.0 Å². The Hall–Kier alpha value is -0.450. The van der Waals surface area contributed by atoms with Gasteiger partial charge in [-0.3, -0.25) is 0 Å². The van der Waals surface area contributed by atoms with Gasteiger partial charge in [0.2, 0.25) is 0 Å². The van der Waals surface area contributed by atoms with E-state index in [1.54, 1.807) is 11.3 Å². The third-order valence-corrected chi connectivity index (χ3v) is 3.40. The molecule has 2 heterocycles. The normalized spacial score (nSPS) is 23.9. The molecule has 1 fully saturated rings. The van der Waals surface area contributed by atoms with E-state index in [9.17, 15) is 0 Å². The molecule has 0 spiro atoms. The zero-order valence-corrected chi connectivity index (χ0v) is 9.22. The summed E-state index contributed by atoms with van der Waals surface area (Å²) in [5.74, 6) is 0.675. The summed E-state index contributed by atoms with van der Waals surface area (Å²) in [5.41, 5.74) is 3.01. The minimum atomic E-state index is 0.527. The third kappa shape index (κ3) is 2.53. The Morgan fingerprint density at radius 2 is 2.71 bits per heavy atom. The monoisotopic (exact) mass is 212 g/mol. The first-order valence-electron chi connectivity index (χ1n) is 5.04. The summed E-state index contributed by atoms with van der Waals surface area (Å²) in [6, 6.07) is 0.527. The standard InChI is InChI=1S/C10H16N2OS/c1-8(9-2-3-13-5-9)11-4-10-6-14-7-12-10/h6-9,11H,2-5H2,1H3. The molecule has 0 aliphatic carbocycles. The molecule has 14 heavy (non-hydrogen) atoms. The van der Waals surface area contributed by atoms with Crippen LogP contribution in [-0.4, -0.2) is 24.2 Å². The molecule has 78 valence electrons. The smallest absolute Gasteiger partial charge is 0.0795 e. The summed E-state index contributed by atoms with van der Waals surface area (Å²) < 4.78 is 5.36. The summed E-state index contributed by atoms with van der Waals surface area (Å²) >= 11 is 1.65. The van der Waals surface area contributed by atoms with Crippen LogP contribution in [0.5, 0.6) is 0 Å². The van der Waals surface area contributed by atoms with Gasteiger partial charge in [-0.2, -0.15) is 0 Å². The fraction of sp³-hybridized carbons (Fsp3) is 0.700. The topological polar surface area (TPSA) is 34.2 Å². The SMILES string of the molecule is CC(NCc1cscn1)C1CCOC1. The lowest BCUT2D eigenvalue weighted by Crippen LogP contribution is -2.33. The number of nitrogens with zero attached hydrogens (tertiary/aromatic N) is 1. The highest BCUT2D eigenvalue weighted by Gasteiger charge is 2.21. The van der Waals surface area contributed by atoms with Crippen LogP contribution in [0.2, 0.25) is 0 Å². The molecule has 3 nitrogen and oxygen atoms in total. The first-order valence-corrected chi connectivity index (χ1v) is 5.99. The van der Waals surface area contributed by atoms with Crippen LogP contribution in [0.15, 0.2) is 10.9 Å². The highest BCUT2D eigenvalue weighted by molar-refractivity contribution is 7.07. The van der Waals surface area contributed by atoms with Crippen LogP contribution in [-0.2, 0) is 11.3 Å². The Kier molecular flexibility index (Phi) is 3.50. The van der Waals surface area contributed by atoms with E-state index in [1.165, 1.54) is 6.42 Å². The van der Waals surface area contributed by atoms with Crippen LogP contribution in [0.4, 0.5) is 0 Å². The fourth-order valence-electron chi connectivity index (χ4n) is 1.70. The molecule has 0 saturated carbocycles. The van der Waals surface area contributed by atoms with Gasteiger partial charge in [-0.1, -0.05) is 0 Å². The van der Waals surface area contributed by atoms with Crippen LogP contribution in [0, 0.1) is 5.92 Å². The first-order chi connectivity index (χ1) is 6.86. The van der Waals surface area contributed by atoms with E-state index < -0.39 is 0 Å². The van der Waals surface area contributed by atoms with Gasteiger partial charge < -0.3 is 10.1 Å². The zero-order valence-electron chi connectivity index (χ0n) is 8.40. The fourth-order valence-corrected chi connectivity index (χ4v) is 2.26. The summed E-state index contributed by atoms with van der Waals surface area (Å²) in [7, 11) is 0. The second kappa shape index (κ2) is 4.87. The Bertz CT molecular complexity index is 257. The molecule has 2 unspecified atom stereocenters. The van der Waals surface area contributed by atoms with Crippen LogP contribution < -0.4 is 5.32 Å². The zero-order chi connectivity index (χ0) is 9.80. The van der Waals surface area contributed by atoms with Gasteiger partial charge in [0.25, 0.3) is 0 Å². The average Bonchev–Trinajstić information content (AvgIpc) is 2.87. The highest BCUT2D eigenvalue weighted by atomic mass is 32.1. The Morgan fingerprint density at radius 1 is 1.79 bits per heavy atom. The maximum absolute atomic E-state index is 5.36. The number of nitrogens with one attached hydrogen (secondary N) is 1.